The van der Waals surface area contributed by atoms with Gasteiger partial charge in [0.1, 0.15) is 0 Å². The Kier molecular flexibility index (Phi) is 5.55. The number of tetrazole rings is 1. The molecule has 3 aromatic rings. The molecule has 0 saturated carbocycles. The molecule has 2 N–H and O–H groups in total. The third-order valence-electron chi connectivity index (χ3n) is 3.85. The smallest absolute Gasteiger partial charge is 0.269 e. The summed E-state index contributed by atoms with van der Waals surface area (Å²) in [4.78, 5) is 25.0. The zero-order valence-corrected chi connectivity index (χ0v) is 15.1. The number of benzene rings is 2. The monoisotopic (exact) mass is 364 g/mol. The number of nitrogens with zero attached hydrogens (tertiary/aromatic N) is 4. The van der Waals surface area contributed by atoms with Crippen molar-refractivity contribution in [2.24, 2.45) is 5.92 Å². The minimum atomic E-state index is -0.374. The summed E-state index contributed by atoms with van der Waals surface area (Å²) < 4.78 is 0. The van der Waals surface area contributed by atoms with E-state index in [0.29, 0.717) is 17.9 Å². The first kappa shape index (κ1) is 18.2. The molecule has 1 heterocycles. The van der Waals surface area contributed by atoms with Crippen molar-refractivity contribution in [2.45, 2.75) is 20.4 Å². The second-order valence-corrected chi connectivity index (χ2v) is 6.30. The maximum Gasteiger partial charge on any atom is 0.269 e. The van der Waals surface area contributed by atoms with Crippen molar-refractivity contribution < 1.29 is 9.59 Å². The highest BCUT2D eigenvalue weighted by atomic mass is 16.2. The van der Waals surface area contributed by atoms with Gasteiger partial charge in [0.05, 0.1) is 6.54 Å². The van der Waals surface area contributed by atoms with Crippen molar-refractivity contribution in [3.63, 3.8) is 0 Å². The lowest BCUT2D eigenvalue weighted by atomic mass is 10.1. The van der Waals surface area contributed by atoms with Gasteiger partial charge in [0.25, 0.3) is 5.91 Å². The van der Waals surface area contributed by atoms with Crippen LogP contribution in [-0.2, 0) is 11.3 Å². The minimum Gasteiger partial charge on any atom is -0.273 e. The van der Waals surface area contributed by atoms with Crippen LogP contribution >= 0.6 is 0 Å². The Morgan fingerprint density at radius 2 is 1.70 bits per heavy atom. The van der Waals surface area contributed by atoms with Gasteiger partial charge < -0.3 is 0 Å². The lowest BCUT2D eigenvalue weighted by Gasteiger charge is -2.09. The highest BCUT2D eigenvalue weighted by molar-refractivity contribution is 5.95. The summed E-state index contributed by atoms with van der Waals surface area (Å²) in [6.45, 7) is 3.93. The van der Waals surface area contributed by atoms with Gasteiger partial charge in [0, 0.05) is 17.0 Å². The molecule has 0 aliphatic rings. The van der Waals surface area contributed by atoms with Crippen molar-refractivity contribution >= 4 is 11.8 Å². The van der Waals surface area contributed by atoms with Crippen molar-refractivity contribution in [3.8, 4) is 11.4 Å². The zero-order chi connectivity index (χ0) is 19.2. The van der Waals surface area contributed by atoms with E-state index in [1.807, 2.05) is 42.5 Å². The van der Waals surface area contributed by atoms with Gasteiger partial charge in [-0.25, -0.2) is 0 Å². The van der Waals surface area contributed by atoms with Gasteiger partial charge in [-0.05, 0) is 22.9 Å². The van der Waals surface area contributed by atoms with Crippen LogP contribution in [0.15, 0.2) is 54.6 Å². The summed E-state index contributed by atoms with van der Waals surface area (Å²) in [5.74, 6) is -0.261. The fourth-order valence-electron chi connectivity index (χ4n) is 2.27. The van der Waals surface area contributed by atoms with E-state index in [9.17, 15) is 9.59 Å². The first-order valence-corrected chi connectivity index (χ1v) is 8.55. The molecule has 0 atom stereocenters. The summed E-state index contributed by atoms with van der Waals surface area (Å²) >= 11 is 0. The molecular weight excluding hydrogens is 344 g/mol. The number of hydrogen-bond donors (Lipinski definition) is 2. The van der Waals surface area contributed by atoms with Crippen LogP contribution in [0.25, 0.3) is 11.4 Å². The molecule has 8 nitrogen and oxygen atoms in total. The fraction of sp³-hybridized carbons (Fsp3) is 0.211. The van der Waals surface area contributed by atoms with Crippen LogP contribution in [0.3, 0.4) is 0 Å². The Labute approximate surface area is 156 Å². The van der Waals surface area contributed by atoms with E-state index in [2.05, 4.69) is 26.3 Å². The predicted octanol–water partition coefficient (Wildman–Crippen LogP) is 1.81. The lowest BCUT2D eigenvalue weighted by Crippen LogP contribution is -2.43. The molecule has 3 rings (SSSR count). The van der Waals surface area contributed by atoms with Crippen LogP contribution in [0.1, 0.15) is 29.8 Å². The van der Waals surface area contributed by atoms with Gasteiger partial charge in [-0.1, -0.05) is 56.3 Å². The number of carbonyl (C=O) groups excluding carboxylic acids is 2. The molecule has 0 aliphatic carbocycles. The third-order valence-corrected chi connectivity index (χ3v) is 3.85. The molecule has 2 aromatic carbocycles. The number of nitrogens with one attached hydrogen (secondary N) is 2. The molecule has 27 heavy (non-hydrogen) atoms. The van der Waals surface area contributed by atoms with Gasteiger partial charge in [-0.15, -0.1) is 10.2 Å². The Morgan fingerprint density at radius 3 is 2.37 bits per heavy atom. The molecule has 8 heteroatoms. The van der Waals surface area contributed by atoms with E-state index in [4.69, 9.17) is 0 Å². The summed E-state index contributed by atoms with van der Waals surface area (Å²) in [5, 5.41) is 12.5. The van der Waals surface area contributed by atoms with E-state index in [1.165, 1.54) is 4.80 Å². The number of amides is 2. The average Bonchev–Trinajstić information content (AvgIpc) is 3.15. The lowest BCUT2D eigenvalue weighted by molar-refractivity contribution is -0.124. The van der Waals surface area contributed by atoms with Crippen molar-refractivity contribution in [1.82, 2.24) is 31.1 Å². The highest BCUT2D eigenvalue weighted by Crippen LogP contribution is 2.12. The molecular formula is C19H20N6O2. The van der Waals surface area contributed by atoms with Gasteiger partial charge in [0.15, 0.2) is 0 Å². The highest BCUT2D eigenvalue weighted by Gasteiger charge is 2.10. The first-order valence-electron chi connectivity index (χ1n) is 8.55. The summed E-state index contributed by atoms with van der Waals surface area (Å²) in [6.07, 6.45) is 0. The van der Waals surface area contributed by atoms with Crippen molar-refractivity contribution in [3.05, 3.63) is 65.7 Å². The van der Waals surface area contributed by atoms with Crippen molar-refractivity contribution in [1.29, 1.82) is 0 Å². The van der Waals surface area contributed by atoms with Gasteiger partial charge in [-0.3, -0.25) is 20.4 Å². The third kappa shape index (κ3) is 4.75. The zero-order valence-electron chi connectivity index (χ0n) is 15.1. The largest absolute Gasteiger partial charge is 0.273 e. The first-order chi connectivity index (χ1) is 13.0. The van der Waals surface area contributed by atoms with Gasteiger partial charge >= 0.3 is 0 Å². The SMILES string of the molecule is CC(C)C(=O)NNC(=O)c1ccc(Cn2nnc(-c3ccccc3)n2)cc1. The molecule has 1 aromatic heterocycles. The van der Waals surface area contributed by atoms with E-state index >= 15 is 0 Å². The normalized spacial score (nSPS) is 10.6. The van der Waals surface area contributed by atoms with Crippen LogP contribution < -0.4 is 10.9 Å². The Bertz CT molecular complexity index is 919. The van der Waals surface area contributed by atoms with Crippen LogP contribution in [0.4, 0.5) is 0 Å². The second kappa shape index (κ2) is 8.22. The number of rotatable bonds is 5. The van der Waals surface area contributed by atoms with E-state index in [1.54, 1.807) is 26.0 Å². The number of hydrazine groups is 1. The fourth-order valence-corrected chi connectivity index (χ4v) is 2.27. The van der Waals surface area contributed by atoms with Gasteiger partial charge in [-0.2, -0.15) is 4.80 Å². The van der Waals surface area contributed by atoms with E-state index in [-0.39, 0.29) is 17.7 Å². The number of hydrogen-bond acceptors (Lipinski definition) is 5. The molecule has 0 saturated heterocycles. The van der Waals surface area contributed by atoms with Crippen LogP contribution in [0, 0.1) is 5.92 Å². The van der Waals surface area contributed by atoms with Gasteiger partial charge in [0.2, 0.25) is 11.7 Å². The molecule has 0 spiro atoms. The Balaban J connectivity index is 1.60. The summed E-state index contributed by atoms with van der Waals surface area (Å²) in [6, 6.07) is 16.6. The topological polar surface area (TPSA) is 102 Å². The molecule has 0 aliphatic heterocycles. The number of aromatic nitrogens is 4. The predicted molar refractivity (Wildman–Crippen MR) is 99.2 cm³/mol. The molecule has 0 radical (unpaired) electrons. The molecule has 138 valence electrons. The summed E-state index contributed by atoms with van der Waals surface area (Å²) in [7, 11) is 0. The molecule has 0 fully saturated rings. The van der Waals surface area contributed by atoms with Crippen LogP contribution in [-0.4, -0.2) is 32.0 Å². The molecule has 2 amide bonds. The quantitative estimate of drug-likeness (QED) is 0.672. The van der Waals surface area contributed by atoms with E-state index < -0.39 is 0 Å². The summed E-state index contributed by atoms with van der Waals surface area (Å²) in [5.41, 5.74) is 7.05. The number of carbonyl (C=O) groups is 2. The maximum absolute atomic E-state index is 12.0. The molecule has 0 unspecified atom stereocenters. The van der Waals surface area contributed by atoms with Crippen LogP contribution in [0.5, 0.6) is 0 Å². The standard InChI is InChI=1S/C19H20N6O2/c1-13(2)18(26)21-22-19(27)16-10-8-14(9-11-16)12-25-23-17(20-24-25)15-6-4-3-5-7-15/h3-11,13H,12H2,1-2H3,(H,21,26)(H,22,27). The molecule has 0 bridgehead atoms. The average molecular weight is 364 g/mol. The second-order valence-electron chi connectivity index (χ2n) is 6.30. The van der Waals surface area contributed by atoms with Crippen molar-refractivity contribution in [2.75, 3.05) is 0 Å². The Hall–Kier alpha value is -3.55. The minimum absolute atomic E-state index is 0.205. The van der Waals surface area contributed by atoms with Crippen LogP contribution in [0.2, 0.25) is 0 Å². The maximum atomic E-state index is 12.0. The van der Waals surface area contributed by atoms with E-state index in [0.717, 1.165) is 11.1 Å². The Morgan fingerprint density at radius 1 is 1.00 bits per heavy atom.